The fraction of sp³-hybridized carbons (Fsp3) is 0.143. The monoisotopic (exact) mass is 267 g/mol. The first kappa shape index (κ1) is 12.3. The first-order valence-electron chi connectivity index (χ1n) is 6.22. The molecule has 2 aromatic heterocycles. The second-order valence-electron chi connectivity index (χ2n) is 4.30. The summed E-state index contributed by atoms with van der Waals surface area (Å²) < 4.78 is 5.16. The molecule has 0 radical (unpaired) electrons. The SMILES string of the molecule is Cc1ccc(NCc2nc(-c3ncccn3)no2)cc1. The predicted octanol–water partition coefficient (Wildman–Crippen LogP) is 2.45. The highest BCUT2D eigenvalue weighted by Crippen LogP contribution is 2.12. The molecule has 20 heavy (non-hydrogen) atoms. The van der Waals surface area contributed by atoms with E-state index in [4.69, 9.17) is 4.52 Å². The van der Waals surface area contributed by atoms with Crippen LogP contribution in [0, 0.1) is 6.92 Å². The van der Waals surface area contributed by atoms with Crippen LogP contribution < -0.4 is 5.32 Å². The third kappa shape index (κ3) is 2.80. The van der Waals surface area contributed by atoms with E-state index in [2.05, 4.69) is 25.4 Å². The molecule has 0 amide bonds. The van der Waals surface area contributed by atoms with Crippen LogP contribution in [0.3, 0.4) is 0 Å². The van der Waals surface area contributed by atoms with Crippen molar-refractivity contribution in [2.75, 3.05) is 5.32 Å². The number of nitrogens with zero attached hydrogens (tertiary/aromatic N) is 4. The van der Waals surface area contributed by atoms with Crippen molar-refractivity contribution in [1.29, 1.82) is 0 Å². The van der Waals surface area contributed by atoms with Gasteiger partial charge in [-0.25, -0.2) is 9.97 Å². The van der Waals surface area contributed by atoms with Crippen LogP contribution in [0.4, 0.5) is 5.69 Å². The highest BCUT2D eigenvalue weighted by molar-refractivity contribution is 5.45. The largest absolute Gasteiger partial charge is 0.376 e. The lowest BCUT2D eigenvalue weighted by Crippen LogP contribution is -1.99. The number of anilines is 1. The first-order chi connectivity index (χ1) is 9.81. The number of rotatable bonds is 4. The lowest BCUT2D eigenvalue weighted by Gasteiger charge is -2.02. The highest BCUT2D eigenvalue weighted by atomic mass is 16.5. The summed E-state index contributed by atoms with van der Waals surface area (Å²) in [7, 11) is 0. The van der Waals surface area contributed by atoms with E-state index < -0.39 is 0 Å². The van der Waals surface area contributed by atoms with Crippen molar-refractivity contribution >= 4 is 5.69 Å². The Hall–Kier alpha value is -2.76. The molecular formula is C14H13N5O. The van der Waals surface area contributed by atoms with Crippen LogP contribution in [0.25, 0.3) is 11.6 Å². The molecule has 0 saturated carbocycles. The van der Waals surface area contributed by atoms with Gasteiger partial charge in [-0.3, -0.25) is 0 Å². The number of hydrogen-bond donors (Lipinski definition) is 1. The van der Waals surface area contributed by atoms with Crippen LogP contribution in [-0.2, 0) is 6.54 Å². The fourth-order valence-corrected chi connectivity index (χ4v) is 1.68. The van der Waals surface area contributed by atoms with E-state index in [1.807, 2.05) is 31.2 Å². The van der Waals surface area contributed by atoms with E-state index in [1.54, 1.807) is 18.5 Å². The third-order valence-electron chi connectivity index (χ3n) is 2.73. The molecule has 100 valence electrons. The van der Waals surface area contributed by atoms with Crippen molar-refractivity contribution < 1.29 is 4.52 Å². The minimum atomic E-state index is 0.395. The van der Waals surface area contributed by atoms with Crippen molar-refractivity contribution in [3.05, 3.63) is 54.2 Å². The van der Waals surface area contributed by atoms with Crippen LogP contribution in [0.15, 0.2) is 47.2 Å². The molecule has 0 aliphatic carbocycles. The summed E-state index contributed by atoms with van der Waals surface area (Å²) in [6.45, 7) is 2.51. The third-order valence-corrected chi connectivity index (χ3v) is 2.73. The molecule has 0 aliphatic rings. The minimum Gasteiger partial charge on any atom is -0.376 e. The summed E-state index contributed by atoms with van der Waals surface area (Å²) >= 11 is 0. The molecular weight excluding hydrogens is 254 g/mol. The summed E-state index contributed by atoms with van der Waals surface area (Å²) in [5, 5.41) is 7.08. The molecule has 0 fully saturated rings. The Morgan fingerprint density at radius 3 is 2.55 bits per heavy atom. The Kier molecular flexibility index (Phi) is 3.36. The van der Waals surface area contributed by atoms with Crippen LogP contribution in [0.2, 0.25) is 0 Å². The quantitative estimate of drug-likeness (QED) is 0.782. The molecule has 0 unspecified atom stereocenters. The maximum absolute atomic E-state index is 5.16. The van der Waals surface area contributed by atoms with Gasteiger partial charge in [-0.05, 0) is 25.1 Å². The van der Waals surface area contributed by atoms with Crippen molar-refractivity contribution in [2.24, 2.45) is 0 Å². The average Bonchev–Trinajstić information content (AvgIpc) is 2.97. The van der Waals surface area contributed by atoms with Crippen molar-refractivity contribution in [3.63, 3.8) is 0 Å². The number of hydrogen-bond acceptors (Lipinski definition) is 6. The smallest absolute Gasteiger partial charge is 0.246 e. The molecule has 0 aliphatic heterocycles. The summed E-state index contributed by atoms with van der Waals surface area (Å²) in [4.78, 5) is 12.4. The second-order valence-corrected chi connectivity index (χ2v) is 4.30. The van der Waals surface area contributed by atoms with Gasteiger partial charge in [-0.15, -0.1) is 0 Å². The van der Waals surface area contributed by atoms with Gasteiger partial charge in [0.15, 0.2) is 0 Å². The van der Waals surface area contributed by atoms with Gasteiger partial charge in [-0.2, -0.15) is 4.98 Å². The normalized spacial score (nSPS) is 10.4. The highest BCUT2D eigenvalue weighted by Gasteiger charge is 2.10. The van der Waals surface area contributed by atoms with Gasteiger partial charge >= 0.3 is 0 Å². The Balaban J connectivity index is 1.67. The molecule has 0 spiro atoms. The van der Waals surface area contributed by atoms with Gasteiger partial charge < -0.3 is 9.84 Å². The molecule has 6 nitrogen and oxygen atoms in total. The lowest BCUT2D eigenvalue weighted by molar-refractivity contribution is 0.384. The Morgan fingerprint density at radius 1 is 1.05 bits per heavy atom. The van der Waals surface area contributed by atoms with E-state index in [0.717, 1.165) is 5.69 Å². The molecule has 3 aromatic rings. The molecule has 0 saturated heterocycles. The van der Waals surface area contributed by atoms with Crippen LogP contribution >= 0.6 is 0 Å². The summed E-state index contributed by atoms with van der Waals surface area (Å²) in [5.41, 5.74) is 2.23. The van der Waals surface area contributed by atoms with Gasteiger partial charge in [0, 0.05) is 18.1 Å². The summed E-state index contributed by atoms with van der Waals surface area (Å²) in [6.07, 6.45) is 3.28. The van der Waals surface area contributed by atoms with E-state index in [1.165, 1.54) is 5.56 Å². The molecule has 2 heterocycles. The zero-order valence-corrected chi connectivity index (χ0v) is 10.9. The Morgan fingerprint density at radius 2 is 1.80 bits per heavy atom. The number of aryl methyl sites for hydroxylation is 1. The average molecular weight is 267 g/mol. The molecule has 0 bridgehead atoms. The fourth-order valence-electron chi connectivity index (χ4n) is 1.68. The van der Waals surface area contributed by atoms with Crippen molar-refractivity contribution in [3.8, 4) is 11.6 Å². The van der Waals surface area contributed by atoms with Gasteiger partial charge in [0.1, 0.15) is 0 Å². The van der Waals surface area contributed by atoms with Crippen molar-refractivity contribution in [2.45, 2.75) is 13.5 Å². The maximum atomic E-state index is 5.16. The minimum absolute atomic E-state index is 0.395. The van der Waals surface area contributed by atoms with E-state index >= 15 is 0 Å². The maximum Gasteiger partial charge on any atom is 0.246 e. The zero-order chi connectivity index (χ0) is 13.8. The van der Waals surface area contributed by atoms with E-state index in [-0.39, 0.29) is 0 Å². The van der Waals surface area contributed by atoms with Gasteiger partial charge in [0.25, 0.3) is 0 Å². The van der Waals surface area contributed by atoms with Crippen LogP contribution in [0.5, 0.6) is 0 Å². The van der Waals surface area contributed by atoms with Gasteiger partial charge in [0.05, 0.1) is 6.54 Å². The Bertz CT molecular complexity index is 678. The second kappa shape index (κ2) is 5.48. The van der Waals surface area contributed by atoms with Crippen molar-refractivity contribution in [1.82, 2.24) is 20.1 Å². The number of nitrogens with one attached hydrogen (secondary N) is 1. The van der Waals surface area contributed by atoms with Crippen LogP contribution in [0.1, 0.15) is 11.5 Å². The standard InChI is InChI=1S/C14H13N5O/c1-10-3-5-11(6-4-10)17-9-12-18-14(19-20-12)13-15-7-2-8-16-13/h2-8,17H,9H2,1H3. The molecule has 3 rings (SSSR count). The van der Waals surface area contributed by atoms with Gasteiger partial charge in [0.2, 0.25) is 17.5 Å². The van der Waals surface area contributed by atoms with Gasteiger partial charge in [-0.1, -0.05) is 22.9 Å². The summed E-state index contributed by atoms with van der Waals surface area (Å²) in [5.74, 6) is 1.34. The summed E-state index contributed by atoms with van der Waals surface area (Å²) in [6, 6.07) is 9.84. The number of aromatic nitrogens is 4. The van der Waals surface area contributed by atoms with E-state index in [0.29, 0.717) is 24.1 Å². The number of benzene rings is 1. The molecule has 0 atom stereocenters. The molecule has 6 heteroatoms. The molecule has 1 aromatic carbocycles. The molecule has 1 N–H and O–H groups in total. The van der Waals surface area contributed by atoms with Crippen LogP contribution in [-0.4, -0.2) is 20.1 Å². The zero-order valence-electron chi connectivity index (χ0n) is 10.9. The van der Waals surface area contributed by atoms with E-state index in [9.17, 15) is 0 Å². The predicted molar refractivity (Wildman–Crippen MR) is 73.8 cm³/mol. The lowest BCUT2D eigenvalue weighted by atomic mass is 10.2. The topological polar surface area (TPSA) is 76.7 Å². The Labute approximate surface area is 115 Å². The first-order valence-corrected chi connectivity index (χ1v) is 6.22.